The predicted octanol–water partition coefficient (Wildman–Crippen LogP) is 5.24. The number of pyridine rings is 3. The summed E-state index contributed by atoms with van der Waals surface area (Å²) < 4.78 is 54.4. The van der Waals surface area contributed by atoms with Gasteiger partial charge in [0.05, 0.1) is 11.4 Å². The Morgan fingerprint density at radius 2 is 1.52 bits per heavy atom. The second-order valence-corrected chi connectivity index (χ2v) is 14.1. The molecule has 0 atom stereocenters. The SMILES string of the molecule is CCc1cc(S(=O)(=O)Nc2ccncc2)cnc1C(C)C.Cc1nc(C(C)(C)C)ccc1S(=O)(=O)Nc1ccncn1. The van der Waals surface area contributed by atoms with E-state index < -0.39 is 20.0 Å². The Bertz CT molecular complexity index is 1710. The van der Waals surface area contributed by atoms with Crippen molar-refractivity contribution in [1.82, 2.24) is 24.9 Å². The van der Waals surface area contributed by atoms with Gasteiger partial charge in [-0.05, 0) is 61.2 Å². The Morgan fingerprint density at radius 1 is 0.857 bits per heavy atom. The number of aromatic nitrogens is 5. The highest BCUT2D eigenvalue weighted by Crippen LogP contribution is 2.24. The van der Waals surface area contributed by atoms with E-state index in [1.165, 1.54) is 37.2 Å². The molecule has 42 heavy (non-hydrogen) atoms. The number of rotatable bonds is 8. The van der Waals surface area contributed by atoms with E-state index in [2.05, 4.69) is 34.4 Å². The van der Waals surface area contributed by atoms with E-state index >= 15 is 0 Å². The van der Waals surface area contributed by atoms with Crippen LogP contribution in [0.15, 0.2) is 77.3 Å². The van der Waals surface area contributed by atoms with Crippen molar-refractivity contribution in [3.05, 3.63) is 90.2 Å². The number of anilines is 2. The molecule has 0 saturated heterocycles. The Balaban J connectivity index is 0.000000230. The predicted molar refractivity (Wildman–Crippen MR) is 163 cm³/mol. The highest BCUT2D eigenvalue weighted by molar-refractivity contribution is 7.93. The summed E-state index contributed by atoms with van der Waals surface area (Å²) in [6, 6.07) is 9.71. The second kappa shape index (κ2) is 13.3. The third-order valence-corrected chi connectivity index (χ3v) is 8.90. The second-order valence-electron chi connectivity index (χ2n) is 10.8. The van der Waals surface area contributed by atoms with Crippen LogP contribution in [-0.4, -0.2) is 41.8 Å². The molecular weight excluding hydrogens is 574 g/mol. The van der Waals surface area contributed by atoms with Gasteiger partial charge in [0, 0.05) is 41.6 Å². The summed E-state index contributed by atoms with van der Waals surface area (Å²) in [6.07, 6.45) is 7.99. The Labute approximate surface area is 248 Å². The van der Waals surface area contributed by atoms with E-state index in [4.69, 9.17) is 0 Å². The quantitative estimate of drug-likeness (QED) is 0.272. The number of aryl methyl sites for hydroxylation is 2. The first kappa shape index (κ1) is 32.5. The van der Waals surface area contributed by atoms with E-state index in [0.29, 0.717) is 11.4 Å². The van der Waals surface area contributed by atoms with Gasteiger partial charge in [-0.25, -0.2) is 26.8 Å². The highest BCUT2D eigenvalue weighted by atomic mass is 32.2. The minimum atomic E-state index is -3.71. The summed E-state index contributed by atoms with van der Waals surface area (Å²) in [4.78, 5) is 20.5. The lowest BCUT2D eigenvalue weighted by Crippen LogP contribution is -2.19. The van der Waals surface area contributed by atoms with Gasteiger partial charge in [0.25, 0.3) is 20.0 Å². The lowest BCUT2D eigenvalue weighted by atomic mass is 9.91. The zero-order valence-corrected chi connectivity index (χ0v) is 26.5. The number of hydrogen-bond donors (Lipinski definition) is 2. The number of nitrogens with zero attached hydrogens (tertiary/aromatic N) is 5. The van der Waals surface area contributed by atoms with E-state index in [9.17, 15) is 16.8 Å². The van der Waals surface area contributed by atoms with Gasteiger partial charge >= 0.3 is 0 Å². The third-order valence-electron chi connectivity index (χ3n) is 6.06. The summed E-state index contributed by atoms with van der Waals surface area (Å²) in [6.45, 7) is 13.9. The van der Waals surface area contributed by atoms with Gasteiger partial charge < -0.3 is 0 Å². The molecule has 0 aromatic carbocycles. The van der Waals surface area contributed by atoms with Gasteiger partial charge in [0.15, 0.2) is 0 Å². The normalized spacial score (nSPS) is 11.9. The van der Waals surface area contributed by atoms with Crippen LogP contribution < -0.4 is 9.44 Å². The van der Waals surface area contributed by atoms with Crippen LogP contribution in [0.3, 0.4) is 0 Å². The van der Waals surface area contributed by atoms with Crippen molar-refractivity contribution in [1.29, 1.82) is 0 Å². The smallest absolute Gasteiger partial charge is 0.264 e. The van der Waals surface area contributed by atoms with E-state index in [1.54, 1.807) is 37.3 Å². The Hall–Kier alpha value is -3.97. The molecule has 0 aliphatic carbocycles. The van der Waals surface area contributed by atoms with Crippen molar-refractivity contribution < 1.29 is 16.8 Å². The molecule has 224 valence electrons. The largest absolute Gasteiger partial charge is 0.279 e. The van der Waals surface area contributed by atoms with E-state index in [0.717, 1.165) is 23.4 Å². The fraction of sp³-hybridized carbons (Fsp3) is 0.345. The summed E-state index contributed by atoms with van der Waals surface area (Å²) in [5, 5.41) is 0. The molecule has 11 nitrogen and oxygen atoms in total. The van der Waals surface area contributed by atoms with Crippen LogP contribution in [0.25, 0.3) is 0 Å². The molecule has 0 bridgehead atoms. The molecule has 0 spiro atoms. The zero-order chi connectivity index (χ0) is 31.1. The average molecular weight is 612 g/mol. The van der Waals surface area contributed by atoms with Crippen molar-refractivity contribution >= 4 is 31.6 Å². The van der Waals surface area contributed by atoms with Crippen molar-refractivity contribution in [3.63, 3.8) is 0 Å². The standard InChI is InChI=1S/C15H19N3O2S.C14H18N4O2S/c1-4-12-9-14(10-17-15(12)11(2)3)21(19,20)18-13-5-7-16-8-6-13;1-10-11(5-6-12(17-10)14(2,3)4)21(19,20)18-13-7-8-15-9-16-13/h5-11H,4H2,1-3H3,(H,16,18);5-9H,1-4H3,(H,15,16,18). The van der Waals surface area contributed by atoms with Crippen LogP contribution in [0.2, 0.25) is 0 Å². The lowest BCUT2D eigenvalue weighted by Gasteiger charge is -2.19. The van der Waals surface area contributed by atoms with Gasteiger partial charge in [-0.1, -0.05) is 41.5 Å². The van der Waals surface area contributed by atoms with Gasteiger partial charge in [0.1, 0.15) is 21.9 Å². The van der Waals surface area contributed by atoms with Crippen molar-refractivity contribution in [3.8, 4) is 0 Å². The lowest BCUT2D eigenvalue weighted by molar-refractivity contribution is 0.563. The molecule has 13 heteroatoms. The summed E-state index contributed by atoms with van der Waals surface area (Å²) in [5.74, 6) is 0.495. The Kier molecular flexibility index (Phi) is 10.3. The van der Waals surface area contributed by atoms with Crippen LogP contribution in [0.4, 0.5) is 11.5 Å². The maximum atomic E-state index is 12.4. The van der Waals surface area contributed by atoms with Gasteiger partial charge in [-0.3, -0.25) is 24.4 Å². The van der Waals surface area contributed by atoms with Gasteiger partial charge in [-0.15, -0.1) is 0 Å². The molecule has 0 amide bonds. The summed E-state index contributed by atoms with van der Waals surface area (Å²) in [7, 11) is -7.34. The monoisotopic (exact) mass is 611 g/mol. The van der Waals surface area contributed by atoms with E-state index in [1.807, 2.05) is 41.5 Å². The molecule has 4 aromatic rings. The van der Waals surface area contributed by atoms with Gasteiger partial charge in [-0.2, -0.15) is 0 Å². The minimum absolute atomic E-state index is 0.132. The molecule has 4 heterocycles. The molecule has 0 aliphatic heterocycles. The number of nitrogens with one attached hydrogen (secondary N) is 2. The molecule has 4 rings (SSSR count). The van der Waals surface area contributed by atoms with Gasteiger partial charge in [0.2, 0.25) is 0 Å². The number of hydrogen-bond acceptors (Lipinski definition) is 9. The number of sulfonamides is 2. The van der Waals surface area contributed by atoms with Crippen LogP contribution in [-0.2, 0) is 31.9 Å². The molecule has 2 N–H and O–H groups in total. The summed E-state index contributed by atoms with van der Waals surface area (Å²) in [5.41, 5.74) is 3.57. The van der Waals surface area contributed by atoms with Crippen LogP contribution in [0, 0.1) is 6.92 Å². The minimum Gasteiger partial charge on any atom is -0.279 e. The van der Waals surface area contributed by atoms with Crippen LogP contribution in [0.5, 0.6) is 0 Å². The fourth-order valence-corrected chi connectivity index (χ4v) is 6.12. The van der Waals surface area contributed by atoms with E-state index in [-0.39, 0.29) is 26.9 Å². The molecule has 0 unspecified atom stereocenters. The molecular formula is C29H37N7O4S2. The maximum Gasteiger partial charge on any atom is 0.264 e. The van der Waals surface area contributed by atoms with Crippen LogP contribution in [0.1, 0.15) is 70.1 Å². The fourth-order valence-electron chi connectivity index (χ4n) is 3.88. The molecule has 0 aliphatic rings. The highest BCUT2D eigenvalue weighted by Gasteiger charge is 2.22. The molecule has 4 aromatic heterocycles. The molecule has 0 saturated carbocycles. The molecule has 0 fully saturated rings. The topological polar surface area (TPSA) is 157 Å². The van der Waals surface area contributed by atoms with Crippen molar-refractivity contribution in [2.24, 2.45) is 0 Å². The zero-order valence-electron chi connectivity index (χ0n) is 24.8. The first-order valence-electron chi connectivity index (χ1n) is 13.3. The maximum absolute atomic E-state index is 12.4. The Morgan fingerprint density at radius 3 is 2.07 bits per heavy atom. The first-order valence-corrected chi connectivity index (χ1v) is 16.3. The molecule has 0 radical (unpaired) electrons. The van der Waals surface area contributed by atoms with Crippen LogP contribution >= 0.6 is 0 Å². The summed E-state index contributed by atoms with van der Waals surface area (Å²) >= 11 is 0. The van der Waals surface area contributed by atoms with Crippen molar-refractivity contribution in [2.75, 3.05) is 9.44 Å². The first-order chi connectivity index (χ1) is 19.6. The third kappa shape index (κ3) is 8.52. The van der Waals surface area contributed by atoms with Crippen molar-refractivity contribution in [2.45, 2.75) is 76.0 Å². The average Bonchev–Trinajstić information content (AvgIpc) is 2.93.